The van der Waals surface area contributed by atoms with Gasteiger partial charge in [-0.3, -0.25) is 0 Å². The molecule has 2 saturated heterocycles. The SMILES string of the molecule is CCCC(C)C1CC(OC(=O)OC2CCN(C)C(C(C)CCC)C2)CCN1C. The van der Waals surface area contributed by atoms with Crippen LogP contribution >= 0.6 is 0 Å². The second kappa shape index (κ2) is 11.4. The molecule has 0 spiro atoms. The molecule has 2 rings (SSSR count). The molecular formula is C23H44N2O3. The van der Waals surface area contributed by atoms with E-state index in [-0.39, 0.29) is 12.2 Å². The lowest BCUT2D eigenvalue weighted by atomic mass is 9.87. The van der Waals surface area contributed by atoms with E-state index in [2.05, 4.69) is 51.6 Å². The van der Waals surface area contributed by atoms with Crippen molar-refractivity contribution in [3.8, 4) is 0 Å². The number of carbonyl (C=O) groups excluding carboxylic acids is 1. The molecule has 0 saturated carbocycles. The summed E-state index contributed by atoms with van der Waals surface area (Å²) in [7, 11) is 4.39. The molecular weight excluding hydrogens is 352 g/mol. The fourth-order valence-electron chi connectivity index (χ4n) is 5.30. The van der Waals surface area contributed by atoms with Crippen LogP contribution in [0.3, 0.4) is 0 Å². The van der Waals surface area contributed by atoms with Crippen LogP contribution in [-0.4, -0.2) is 67.4 Å². The van der Waals surface area contributed by atoms with Crippen LogP contribution in [0.4, 0.5) is 4.79 Å². The first-order valence-electron chi connectivity index (χ1n) is 11.6. The fourth-order valence-corrected chi connectivity index (χ4v) is 5.30. The van der Waals surface area contributed by atoms with E-state index in [1.807, 2.05) is 0 Å². The number of rotatable bonds is 8. The minimum atomic E-state index is -0.451. The normalized spacial score (nSPS) is 31.9. The Labute approximate surface area is 173 Å². The maximum atomic E-state index is 12.5. The van der Waals surface area contributed by atoms with Crippen LogP contribution in [0.5, 0.6) is 0 Å². The first-order valence-corrected chi connectivity index (χ1v) is 11.6. The second-order valence-corrected chi connectivity index (χ2v) is 9.41. The van der Waals surface area contributed by atoms with Crippen molar-refractivity contribution in [2.45, 2.75) is 103 Å². The Morgan fingerprint density at radius 3 is 1.61 bits per heavy atom. The predicted molar refractivity (Wildman–Crippen MR) is 115 cm³/mol. The van der Waals surface area contributed by atoms with Crippen LogP contribution in [0, 0.1) is 11.8 Å². The highest BCUT2D eigenvalue weighted by atomic mass is 16.7. The van der Waals surface area contributed by atoms with Crippen molar-refractivity contribution in [1.82, 2.24) is 9.80 Å². The third kappa shape index (κ3) is 6.62. The summed E-state index contributed by atoms with van der Waals surface area (Å²) in [5.74, 6) is 1.26. The molecule has 5 nitrogen and oxygen atoms in total. The maximum absolute atomic E-state index is 12.5. The number of likely N-dealkylation sites (tertiary alicyclic amines) is 2. The van der Waals surface area contributed by atoms with E-state index in [9.17, 15) is 4.79 Å². The van der Waals surface area contributed by atoms with Crippen molar-refractivity contribution in [3.63, 3.8) is 0 Å². The molecule has 6 unspecified atom stereocenters. The van der Waals surface area contributed by atoms with Crippen LogP contribution in [-0.2, 0) is 9.47 Å². The molecule has 0 aromatic heterocycles. The molecule has 2 heterocycles. The third-order valence-electron chi connectivity index (χ3n) is 7.08. The molecule has 6 atom stereocenters. The number of nitrogens with zero attached hydrogens (tertiary/aromatic N) is 2. The van der Waals surface area contributed by atoms with E-state index in [1.165, 1.54) is 25.7 Å². The quantitative estimate of drug-likeness (QED) is 0.544. The van der Waals surface area contributed by atoms with Gasteiger partial charge in [-0.1, -0.05) is 40.5 Å². The maximum Gasteiger partial charge on any atom is 0.508 e. The highest BCUT2D eigenvalue weighted by Crippen LogP contribution is 2.29. The number of carbonyl (C=O) groups is 1. The van der Waals surface area contributed by atoms with Gasteiger partial charge in [-0.2, -0.15) is 0 Å². The minimum Gasteiger partial charge on any atom is -0.431 e. The van der Waals surface area contributed by atoms with Crippen LogP contribution < -0.4 is 0 Å². The minimum absolute atomic E-state index is 0.00548. The Morgan fingerprint density at radius 2 is 1.25 bits per heavy atom. The third-order valence-corrected chi connectivity index (χ3v) is 7.08. The second-order valence-electron chi connectivity index (χ2n) is 9.41. The largest absolute Gasteiger partial charge is 0.508 e. The first-order chi connectivity index (χ1) is 13.3. The van der Waals surface area contributed by atoms with Crippen LogP contribution in [0.15, 0.2) is 0 Å². The zero-order chi connectivity index (χ0) is 20.7. The van der Waals surface area contributed by atoms with E-state index in [0.717, 1.165) is 38.8 Å². The van der Waals surface area contributed by atoms with Gasteiger partial charge in [-0.05, 0) is 51.6 Å². The molecule has 0 amide bonds. The summed E-state index contributed by atoms with van der Waals surface area (Å²) in [5.41, 5.74) is 0. The van der Waals surface area contributed by atoms with Crippen molar-refractivity contribution in [2.24, 2.45) is 11.8 Å². The lowest BCUT2D eigenvalue weighted by molar-refractivity contribution is -0.0514. The van der Waals surface area contributed by atoms with E-state index < -0.39 is 6.16 Å². The number of piperidine rings is 2. The van der Waals surface area contributed by atoms with Gasteiger partial charge in [-0.25, -0.2) is 4.79 Å². The van der Waals surface area contributed by atoms with E-state index in [1.54, 1.807) is 0 Å². The smallest absolute Gasteiger partial charge is 0.431 e. The zero-order valence-electron chi connectivity index (χ0n) is 19.2. The van der Waals surface area contributed by atoms with Gasteiger partial charge in [0.05, 0.1) is 0 Å². The van der Waals surface area contributed by atoms with Crippen LogP contribution in [0.1, 0.15) is 79.1 Å². The average Bonchev–Trinajstić information content (AvgIpc) is 2.65. The monoisotopic (exact) mass is 396 g/mol. The Morgan fingerprint density at radius 1 is 0.857 bits per heavy atom. The van der Waals surface area contributed by atoms with Gasteiger partial charge in [-0.15, -0.1) is 0 Å². The summed E-state index contributed by atoms with van der Waals surface area (Å²) < 4.78 is 11.5. The molecule has 2 aliphatic rings. The Kier molecular flexibility index (Phi) is 9.55. The highest BCUT2D eigenvalue weighted by Gasteiger charge is 2.34. The molecule has 164 valence electrons. The lowest BCUT2D eigenvalue weighted by Gasteiger charge is -2.41. The van der Waals surface area contributed by atoms with Crippen LogP contribution in [0.2, 0.25) is 0 Å². The summed E-state index contributed by atoms with van der Waals surface area (Å²) in [6, 6.07) is 0.989. The van der Waals surface area contributed by atoms with Gasteiger partial charge in [0.15, 0.2) is 0 Å². The van der Waals surface area contributed by atoms with Crippen LogP contribution in [0.25, 0.3) is 0 Å². The molecule has 0 N–H and O–H groups in total. The zero-order valence-corrected chi connectivity index (χ0v) is 19.2. The van der Waals surface area contributed by atoms with Gasteiger partial charge >= 0.3 is 6.16 Å². The fraction of sp³-hybridized carbons (Fsp3) is 0.957. The van der Waals surface area contributed by atoms with Crippen molar-refractivity contribution in [2.75, 3.05) is 27.2 Å². The molecule has 28 heavy (non-hydrogen) atoms. The Hall–Kier alpha value is -0.810. The van der Waals surface area contributed by atoms with Crippen molar-refractivity contribution >= 4 is 6.16 Å². The van der Waals surface area contributed by atoms with Gasteiger partial charge in [0.25, 0.3) is 0 Å². The molecule has 0 aliphatic carbocycles. The molecule has 0 aromatic rings. The number of hydrogen-bond donors (Lipinski definition) is 0. The summed E-state index contributed by atoms with van der Waals surface area (Å²) in [5, 5.41) is 0. The Balaban J connectivity index is 1.82. The Bertz CT molecular complexity index is 433. The number of ether oxygens (including phenoxy) is 2. The van der Waals surface area contributed by atoms with Gasteiger partial charge in [0.2, 0.25) is 0 Å². The van der Waals surface area contributed by atoms with Gasteiger partial charge in [0, 0.05) is 38.0 Å². The summed E-state index contributed by atoms with van der Waals surface area (Å²) in [4.78, 5) is 17.3. The van der Waals surface area contributed by atoms with Crippen molar-refractivity contribution in [3.05, 3.63) is 0 Å². The summed E-state index contributed by atoms with van der Waals surface area (Å²) >= 11 is 0. The highest BCUT2D eigenvalue weighted by molar-refractivity contribution is 5.60. The molecule has 0 bridgehead atoms. The molecule has 5 heteroatoms. The van der Waals surface area contributed by atoms with E-state index in [4.69, 9.17) is 9.47 Å². The van der Waals surface area contributed by atoms with Crippen molar-refractivity contribution < 1.29 is 14.3 Å². The van der Waals surface area contributed by atoms with Gasteiger partial charge < -0.3 is 19.3 Å². The molecule has 2 aliphatic heterocycles. The molecule has 0 radical (unpaired) electrons. The summed E-state index contributed by atoms with van der Waals surface area (Å²) in [6.45, 7) is 11.1. The summed E-state index contributed by atoms with van der Waals surface area (Å²) in [6.07, 6.45) is 8.05. The number of hydrogen-bond acceptors (Lipinski definition) is 5. The van der Waals surface area contributed by atoms with Crippen molar-refractivity contribution in [1.29, 1.82) is 0 Å². The average molecular weight is 397 g/mol. The first kappa shape index (κ1) is 23.5. The molecule has 0 aromatic carbocycles. The lowest BCUT2D eigenvalue weighted by Crippen LogP contribution is -2.48. The topological polar surface area (TPSA) is 42.0 Å². The van der Waals surface area contributed by atoms with E-state index >= 15 is 0 Å². The van der Waals surface area contributed by atoms with Gasteiger partial charge in [0.1, 0.15) is 12.2 Å². The molecule has 2 fully saturated rings. The van der Waals surface area contributed by atoms with E-state index in [0.29, 0.717) is 23.9 Å². The predicted octanol–water partition coefficient (Wildman–Crippen LogP) is 4.94. The standard InChI is InChI=1S/C23H44N2O3/c1-7-9-17(3)21-15-19(11-13-24(21)5)27-23(26)28-20-12-14-25(6)22(16-20)18(4)10-8-2/h17-22H,7-16H2,1-6H3.